The highest BCUT2D eigenvalue weighted by atomic mass is 35.5. The van der Waals surface area contributed by atoms with Crippen LogP contribution < -0.4 is 10.1 Å². The van der Waals surface area contributed by atoms with E-state index in [1.807, 2.05) is 30.3 Å². The van der Waals surface area contributed by atoms with Gasteiger partial charge in [-0.1, -0.05) is 84.8 Å². The van der Waals surface area contributed by atoms with Crippen LogP contribution in [0, 0.1) is 0 Å². The fourth-order valence-electron chi connectivity index (χ4n) is 2.73. The van der Waals surface area contributed by atoms with E-state index < -0.39 is 0 Å². The fraction of sp³-hybridized carbons (Fsp3) is 0.174. The van der Waals surface area contributed by atoms with Crippen molar-refractivity contribution in [1.29, 1.82) is 0 Å². The first kappa shape index (κ1) is 20.7. The van der Waals surface area contributed by atoms with Crippen LogP contribution in [0.25, 0.3) is 0 Å². The number of hydrogen-bond donors (Lipinski definition) is 1. The van der Waals surface area contributed by atoms with E-state index in [1.165, 1.54) is 11.1 Å². The Morgan fingerprint density at radius 1 is 0.929 bits per heavy atom. The average molecular weight is 430 g/mol. The third-order valence-electron chi connectivity index (χ3n) is 4.43. The van der Waals surface area contributed by atoms with Crippen LogP contribution >= 0.6 is 35.4 Å². The van der Waals surface area contributed by atoms with Gasteiger partial charge in [-0.05, 0) is 41.8 Å². The standard InChI is InChI=1S/C23H21Cl2NOS/c1-2-16-9-11-17(12-10-16)14-26-23(28)18-5-3-6-19(13-18)27-15-20-21(24)7-4-8-22(20)25/h3-13H,2,14-15H2,1H3,(H,26,28). The van der Waals surface area contributed by atoms with Crippen molar-refractivity contribution >= 4 is 40.4 Å². The Hall–Kier alpha value is -2.07. The minimum absolute atomic E-state index is 0.298. The first-order chi connectivity index (χ1) is 13.6. The van der Waals surface area contributed by atoms with Gasteiger partial charge in [-0.2, -0.15) is 0 Å². The van der Waals surface area contributed by atoms with Gasteiger partial charge in [0.2, 0.25) is 0 Å². The van der Waals surface area contributed by atoms with E-state index in [9.17, 15) is 0 Å². The number of halogens is 2. The normalized spacial score (nSPS) is 10.5. The number of hydrogen-bond acceptors (Lipinski definition) is 2. The molecule has 0 spiro atoms. The largest absolute Gasteiger partial charge is 0.489 e. The summed E-state index contributed by atoms with van der Waals surface area (Å²) in [6.07, 6.45) is 1.04. The molecule has 0 bridgehead atoms. The topological polar surface area (TPSA) is 21.3 Å². The predicted octanol–water partition coefficient (Wildman–Crippen LogP) is 6.60. The molecule has 0 aliphatic rings. The van der Waals surface area contributed by atoms with Gasteiger partial charge in [0, 0.05) is 27.7 Å². The van der Waals surface area contributed by atoms with Gasteiger partial charge < -0.3 is 10.1 Å². The number of ether oxygens (including phenoxy) is 1. The van der Waals surface area contributed by atoms with Crippen molar-refractivity contribution in [3.05, 3.63) is 99.0 Å². The SMILES string of the molecule is CCc1ccc(CNC(=S)c2cccc(OCc3c(Cl)cccc3Cl)c2)cc1. The third-order valence-corrected chi connectivity index (χ3v) is 5.51. The zero-order valence-corrected chi connectivity index (χ0v) is 17.9. The van der Waals surface area contributed by atoms with Crippen molar-refractivity contribution in [3.63, 3.8) is 0 Å². The summed E-state index contributed by atoms with van der Waals surface area (Å²) >= 11 is 17.9. The molecule has 0 saturated carbocycles. The predicted molar refractivity (Wildman–Crippen MR) is 122 cm³/mol. The molecular formula is C23H21Cl2NOS. The molecule has 5 heteroatoms. The Bertz CT molecular complexity index is 937. The fourth-order valence-corrected chi connectivity index (χ4v) is 3.44. The number of aryl methyl sites for hydroxylation is 1. The van der Waals surface area contributed by atoms with Gasteiger partial charge in [0.25, 0.3) is 0 Å². The van der Waals surface area contributed by atoms with E-state index in [-0.39, 0.29) is 0 Å². The first-order valence-corrected chi connectivity index (χ1v) is 10.2. The zero-order valence-electron chi connectivity index (χ0n) is 15.5. The van der Waals surface area contributed by atoms with E-state index in [2.05, 4.69) is 36.5 Å². The Morgan fingerprint density at radius 3 is 2.25 bits per heavy atom. The lowest BCUT2D eigenvalue weighted by molar-refractivity contribution is 0.306. The van der Waals surface area contributed by atoms with Gasteiger partial charge in [-0.25, -0.2) is 0 Å². The smallest absolute Gasteiger partial charge is 0.120 e. The van der Waals surface area contributed by atoms with Crippen molar-refractivity contribution in [1.82, 2.24) is 5.32 Å². The van der Waals surface area contributed by atoms with Crippen molar-refractivity contribution < 1.29 is 4.74 Å². The lowest BCUT2D eigenvalue weighted by Crippen LogP contribution is -2.21. The molecule has 0 atom stereocenters. The van der Waals surface area contributed by atoms with Gasteiger partial charge in [0.05, 0.1) is 0 Å². The highest BCUT2D eigenvalue weighted by Gasteiger charge is 2.08. The average Bonchev–Trinajstić information content (AvgIpc) is 2.72. The van der Waals surface area contributed by atoms with Gasteiger partial charge in [0.15, 0.2) is 0 Å². The molecule has 144 valence electrons. The molecule has 2 nitrogen and oxygen atoms in total. The van der Waals surface area contributed by atoms with E-state index in [4.69, 9.17) is 40.2 Å². The van der Waals surface area contributed by atoms with Crippen LogP contribution in [0.2, 0.25) is 10.0 Å². The van der Waals surface area contributed by atoms with Crippen LogP contribution in [0.1, 0.15) is 29.2 Å². The van der Waals surface area contributed by atoms with Gasteiger partial charge in [0.1, 0.15) is 17.3 Å². The van der Waals surface area contributed by atoms with E-state index in [1.54, 1.807) is 12.1 Å². The quantitative estimate of drug-likeness (QED) is 0.427. The van der Waals surface area contributed by atoms with Crippen molar-refractivity contribution in [2.45, 2.75) is 26.5 Å². The number of nitrogens with one attached hydrogen (secondary N) is 1. The van der Waals surface area contributed by atoms with Crippen molar-refractivity contribution in [2.75, 3.05) is 0 Å². The van der Waals surface area contributed by atoms with Gasteiger partial charge in [-0.3, -0.25) is 0 Å². The summed E-state index contributed by atoms with van der Waals surface area (Å²) in [6.45, 7) is 3.13. The lowest BCUT2D eigenvalue weighted by atomic mass is 10.1. The maximum Gasteiger partial charge on any atom is 0.120 e. The van der Waals surface area contributed by atoms with E-state index >= 15 is 0 Å². The highest BCUT2D eigenvalue weighted by Crippen LogP contribution is 2.26. The van der Waals surface area contributed by atoms with Crippen molar-refractivity contribution in [3.8, 4) is 5.75 Å². The molecule has 3 aromatic rings. The molecule has 0 saturated heterocycles. The second-order valence-corrected chi connectivity index (χ2v) is 7.59. The molecule has 0 aliphatic carbocycles. The van der Waals surface area contributed by atoms with Crippen LogP contribution in [0.3, 0.4) is 0 Å². The first-order valence-electron chi connectivity index (χ1n) is 9.08. The monoisotopic (exact) mass is 429 g/mol. The third kappa shape index (κ3) is 5.48. The molecule has 0 fully saturated rings. The van der Waals surface area contributed by atoms with E-state index in [0.717, 1.165) is 17.5 Å². The summed E-state index contributed by atoms with van der Waals surface area (Å²) in [4.78, 5) is 0.681. The molecule has 0 aliphatic heterocycles. The molecular weight excluding hydrogens is 409 g/mol. The number of benzene rings is 3. The molecule has 3 rings (SSSR count). The maximum atomic E-state index is 6.20. The maximum absolute atomic E-state index is 6.20. The summed E-state index contributed by atoms with van der Waals surface area (Å²) in [5.74, 6) is 0.713. The van der Waals surface area contributed by atoms with Gasteiger partial charge >= 0.3 is 0 Å². The minimum atomic E-state index is 0.298. The minimum Gasteiger partial charge on any atom is -0.489 e. The Labute approximate surface area is 181 Å². The second kappa shape index (κ2) is 9.92. The molecule has 0 heterocycles. The van der Waals surface area contributed by atoms with Crippen molar-refractivity contribution in [2.24, 2.45) is 0 Å². The summed E-state index contributed by atoms with van der Waals surface area (Å²) in [5.41, 5.74) is 4.20. The van der Waals surface area contributed by atoms with Gasteiger partial charge in [-0.15, -0.1) is 0 Å². The molecule has 0 amide bonds. The molecule has 3 aromatic carbocycles. The molecule has 0 aromatic heterocycles. The number of thiocarbonyl (C=S) groups is 1. The molecule has 28 heavy (non-hydrogen) atoms. The Morgan fingerprint density at radius 2 is 1.57 bits per heavy atom. The van der Waals surface area contributed by atoms with Crippen LogP contribution in [0.5, 0.6) is 5.75 Å². The zero-order chi connectivity index (χ0) is 19.9. The lowest BCUT2D eigenvalue weighted by Gasteiger charge is -2.12. The van der Waals surface area contributed by atoms with Crippen LogP contribution in [0.4, 0.5) is 0 Å². The number of rotatable bonds is 7. The van der Waals surface area contributed by atoms with E-state index in [0.29, 0.717) is 33.9 Å². The summed E-state index contributed by atoms with van der Waals surface area (Å²) < 4.78 is 5.88. The molecule has 1 N–H and O–H groups in total. The van der Waals surface area contributed by atoms with Crippen LogP contribution in [0.15, 0.2) is 66.7 Å². The molecule has 0 radical (unpaired) electrons. The Balaban J connectivity index is 1.61. The summed E-state index contributed by atoms with van der Waals surface area (Å²) in [5, 5.41) is 4.49. The summed E-state index contributed by atoms with van der Waals surface area (Å²) in [6, 6.07) is 21.7. The molecule has 0 unspecified atom stereocenters. The second-order valence-electron chi connectivity index (χ2n) is 6.37. The summed E-state index contributed by atoms with van der Waals surface area (Å²) in [7, 11) is 0. The van der Waals surface area contributed by atoms with Crippen LogP contribution in [-0.4, -0.2) is 4.99 Å². The highest BCUT2D eigenvalue weighted by molar-refractivity contribution is 7.80. The van der Waals surface area contributed by atoms with Crippen LogP contribution in [-0.2, 0) is 19.6 Å². The Kier molecular flexibility index (Phi) is 7.32.